The zero-order chi connectivity index (χ0) is 13.8. The van der Waals surface area contributed by atoms with Gasteiger partial charge in [0.15, 0.2) is 0 Å². The molecule has 0 atom stereocenters. The van der Waals surface area contributed by atoms with Crippen LogP contribution in [0, 0.1) is 11.2 Å². The lowest BCUT2D eigenvalue weighted by molar-refractivity contribution is 0.306. The molecule has 1 aromatic carbocycles. The van der Waals surface area contributed by atoms with Crippen LogP contribution in [0.1, 0.15) is 20.3 Å². The third kappa shape index (κ3) is 3.77. The minimum absolute atomic E-state index is 0.149. The molecule has 18 heavy (non-hydrogen) atoms. The van der Waals surface area contributed by atoms with Crippen LogP contribution in [0.4, 0.5) is 10.1 Å². The molecule has 0 amide bonds. The maximum atomic E-state index is 13.4. The number of nitrogens with one attached hydrogen (secondary N) is 1. The Morgan fingerprint density at radius 3 is 2.83 bits per heavy atom. The van der Waals surface area contributed by atoms with Gasteiger partial charge in [-0.15, -0.1) is 0 Å². The van der Waals surface area contributed by atoms with Crippen molar-refractivity contribution in [2.45, 2.75) is 20.3 Å². The van der Waals surface area contributed by atoms with Crippen LogP contribution in [0.25, 0.3) is 0 Å². The molecule has 100 valence electrons. The van der Waals surface area contributed by atoms with E-state index in [0.29, 0.717) is 23.7 Å². The summed E-state index contributed by atoms with van der Waals surface area (Å²) in [6, 6.07) is 4.31. The number of anilines is 1. The van der Waals surface area contributed by atoms with E-state index in [-0.39, 0.29) is 11.7 Å². The van der Waals surface area contributed by atoms with Gasteiger partial charge in [0.25, 0.3) is 0 Å². The zero-order valence-electron chi connectivity index (χ0n) is 10.4. The molecule has 4 N–H and O–H groups in total. The average molecular weight is 274 g/mol. The van der Waals surface area contributed by atoms with Gasteiger partial charge < -0.3 is 16.3 Å². The van der Waals surface area contributed by atoms with Crippen molar-refractivity contribution in [3.8, 4) is 0 Å². The topological polar surface area (TPSA) is 70.6 Å². The van der Waals surface area contributed by atoms with Crippen molar-refractivity contribution in [1.82, 2.24) is 0 Å². The highest BCUT2D eigenvalue weighted by Crippen LogP contribution is 2.23. The fraction of sp³-hybridized carbons (Fsp3) is 0.417. The van der Waals surface area contributed by atoms with Crippen LogP contribution in [0.2, 0.25) is 5.02 Å². The number of hydrogen-bond acceptors (Lipinski definition) is 3. The third-order valence-corrected chi connectivity index (χ3v) is 3.03. The third-order valence-electron chi connectivity index (χ3n) is 2.79. The molecular weight excluding hydrogens is 257 g/mol. The van der Waals surface area contributed by atoms with E-state index in [4.69, 9.17) is 22.5 Å². The summed E-state index contributed by atoms with van der Waals surface area (Å²) in [6.07, 6.45) is 0.592. The summed E-state index contributed by atoms with van der Waals surface area (Å²) in [7, 11) is 0. The number of amidine groups is 1. The Bertz CT molecular complexity index is 449. The predicted molar refractivity (Wildman–Crippen MR) is 71.7 cm³/mol. The monoisotopic (exact) mass is 273 g/mol. The van der Waals surface area contributed by atoms with E-state index >= 15 is 0 Å². The van der Waals surface area contributed by atoms with Crippen LogP contribution in [-0.4, -0.2) is 17.6 Å². The van der Waals surface area contributed by atoms with Crippen LogP contribution >= 0.6 is 11.6 Å². The van der Waals surface area contributed by atoms with Crippen molar-refractivity contribution < 1.29 is 9.60 Å². The summed E-state index contributed by atoms with van der Waals surface area (Å²) in [5.41, 5.74) is 5.44. The fourth-order valence-corrected chi connectivity index (χ4v) is 1.58. The maximum Gasteiger partial charge on any atom is 0.146 e. The van der Waals surface area contributed by atoms with Gasteiger partial charge in [-0.2, -0.15) is 0 Å². The Kier molecular flexibility index (Phi) is 4.78. The Labute approximate surface area is 111 Å². The molecule has 0 aromatic heterocycles. The Hall–Kier alpha value is -1.49. The highest BCUT2D eigenvalue weighted by molar-refractivity contribution is 6.30. The van der Waals surface area contributed by atoms with Gasteiger partial charge in [0, 0.05) is 17.0 Å². The summed E-state index contributed by atoms with van der Waals surface area (Å²) in [5.74, 6) is -0.211. The Morgan fingerprint density at radius 1 is 1.56 bits per heavy atom. The zero-order valence-corrected chi connectivity index (χ0v) is 11.1. The Morgan fingerprint density at radius 2 is 2.22 bits per heavy atom. The first-order chi connectivity index (χ1) is 8.36. The molecule has 0 saturated carbocycles. The molecule has 0 heterocycles. The van der Waals surface area contributed by atoms with Crippen LogP contribution < -0.4 is 11.1 Å². The average Bonchev–Trinajstić information content (AvgIpc) is 2.32. The van der Waals surface area contributed by atoms with Gasteiger partial charge in [-0.05, 0) is 24.6 Å². The van der Waals surface area contributed by atoms with Crippen LogP contribution in [0.15, 0.2) is 23.4 Å². The smallest absolute Gasteiger partial charge is 0.146 e. The highest BCUT2D eigenvalue weighted by atomic mass is 35.5. The van der Waals surface area contributed by atoms with Gasteiger partial charge in [0.2, 0.25) is 0 Å². The molecular formula is C12H17ClFN3O. The standard InChI is InChI=1S/C12H17ClFN3O/c1-12(2,11(15)17-18)5-6-16-10-7-8(13)3-4-9(10)14/h3-4,7,16,18H,5-6H2,1-2H3,(H2,15,17). The summed E-state index contributed by atoms with van der Waals surface area (Å²) < 4.78 is 13.4. The number of oxime groups is 1. The number of rotatable bonds is 5. The fourth-order valence-electron chi connectivity index (χ4n) is 1.41. The second-order valence-corrected chi connectivity index (χ2v) is 5.11. The molecule has 1 aromatic rings. The van der Waals surface area contributed by atoms with Crippen molar-refractivity contribution in [2.75, 3.05) is 11.9 Å². The first-order valence-corrected chi connectivity index (χ1v) is 5.91. The highest BCUT2D eigenvalue weighted by Gasteiger charge is 2.23. The first-order valence-electron chi connectivity index (χ1n) is 5.54. The largest absolute Gasteiger partial charge is 0.409 e. The Balaban J connectivity index is 2.59. The summed E-state index contributed by atoms with van der Waals surface area (Å²) in [5, 5.41) is 15.0. The van der Waals surface area contributed by atoms with Crippen LogP contribution in [0.5, 0.6) is 0 Å². The van der Waals surface area contributed by atoms with E-state index in [1.165, 1.54) is 18.2 Å². The predicted octanol–water partition coefficient (Wildman–Crippen LogP) is 3.05. The van der Waals surface area contributed by atoms with E-state index in [0.717, 1.165) is 0 Å². The van der Waals surface area contributed by atoms with E-state index in [1.54, 1.807) is 0 Å². The summed E-state index contributed by atoms with van der Waals surface area (Å²) >= 11 is 5.78. The van der Waals surface area contributed by atoms with Gasteiger partial charge in [0.1, 0.15) is 11.7 Å². The van der Waals surface area contributed by atoms with Gasteiger partial charge in [0.05, 0.1) is 5.69 Å². The van der Waals surface area contributed by atoms with Gasteiger partial charge >= 0.3 is 0 Å². The van der Waals surface area contributed by atoms with E-state index in [1.807, 2.05) is 13.8 Å². The molecule has 1 rings (SSSR count). The molecule has 0 aliphatic heterocycles. The van der Waals surface area contributed by atoms with Crippen molar-refractivity contribution in [3.05, 3.63) is 29.0 Å². The van der Waals surface area contributed by atoms with E-state index in [9.17, 15) is 4.39 Å². The minimum Gasteiger partial charge on any atom is -0.409 e. The molecule has 4 nitrogen and oxygen atoms in total. The van der Waals surface area contributed by atoms with E-state index < -0.39 is 5.41 Å². The quantitative estimate of drug-likeness (QED) is 0.334. The summed E-state index contributed by atoms with van der Waals surface area (Å²) in [6.45, 7) is 4.18. The van der Waals surface area contributed by atoms with Gasteiger partial charge in [-0.3, -0.25) is 0 Å². The molecule has 0 radical (unpaired) electrons. The maximum absolute atomic E-state index is 13.4. The van der Waals surface area contributed by atoms with Crippen LogP contribution in [0.3, 0.4) is 0 Å². The van der Waals surface area contributed by atoms with Gasteiger partial charge in [-0.1, -0.05) is 30.6 Å². The lowest BCUT2D eigenvalue weighted by Gasteiger charge is -2.23. The molecule has 6 heteroatoms. The van der Waals surface area contributed by atoms with Crippen LogP contribution in [-0.2, 0) is 0 Å². The second-order valence-electron chi connectivity index (χ2n) is 4.67. The van der Waals surface area contributed by atoms with Crippen molar-refractivity contribution in [1.29, 1.82) is 0 Å². The van der Waals surface area contributed by atoms with Crippen molar-refractivity contribution in [3.63, 3.8) is 0 Å². The van der Waals surface area contributed by atoms with Crippen molar-refractivity contribution >= 4 is 23.1 Å². The number of hydrogen-bond donors (Lipinski definition) is 3. The summed E-state index contributed by atoms with van der Waals surface area (Å²) in [4.78, 5) is 0. The lowest BCUT2D eigenvalue weighted by atomic mass is 9.88. The second kappa shape index (κ2) is 5.91. The number of halogens is 2. The normalized spacial score (nSPS) is 12.6. The number of nitrogens with two attached hydrogens (primary N) is 1. The molecule has 0 fully saturated rings. The molecule has 0 saturated heterocycles. The first kappa shape index (κ1) is 14.6. The molecule has 0 aliphatic carbocycles. The molecule has 0 aliphatic rings. The SMILES string of the molecule is CC(C)(CCNc1cc(Cl)ccc1F)C(N)=NO. The van der Waals surface area contributed by atoms with Gasteiger partial charge in [-0.25, -0.2) is 4.39 Å². The molecule has 0 spiro atoms. The molecule has 0 unspecified atom stereocenters. The number of nitrogens with zero attached hydrogens (tertiary/aromatic N) is 1. The van der Waals surface area contributed by atoms with Crippen molar-refractivity contribution in [2.24, 2.45) is 16.3 Å². The lowest BCUT2D eigenvalue weighted by Crippen LogP contribution is -2.33. The minimum atomic E-state index is -0.462. The molecule has 0 bridgehead atoms. The van der Waals surface area contributed by atoms with E-state index in [2.05, 4.69) is 10.5 Å². The number of benzene rings is 1.